The van der Waals surface area contributed by atoms with Crippen LogP contribution in [0.15, 0.2) is 6.20 Å². The van der Waals surface area contributed by atoms with E-state index in [-0.39, 0.29) is 12.5 Å². The van der Waals surface area contributed by atoms with E-state index in [2.05, 4.69) is 5.10 Å². The van der Waals surface area contributed by atoms with E-state index in [1.165, 1.54) is 17.7 Å². The zero-order valence-corrected chi connectivity index (χ0v) is 13.2. The number of hydrogen-bond acceptors (Lipinski definition) is 5. The van der Waals surface area contributed by atoms with Crippen LogP contribution < -0.4 is 4.90 Å². The molecule has 0 saturated carbocycles. The molecule has 0 unspecified atom stereocenters. The average molecular weight is 306 g/mol. The summed E-state index contributed by atoms with van der Waals surface area (Å²) >= 11 is 1.60. The number of carbonyl (C=O) groups excluding carboxylic acids is 1. The predicted octanol–water partition coefficient (Wildman–Crippen LogP) is 1.64. The van der Waals surface area contributed by atoms with Gasteiger partial charge in [0, 0.05) is 36.8 Å². The molecule has 2 aromatic rings. The summed E-state index contributed by atoms with van der Waals surface area (Å²) in [6.45, 7) is 2.62. The van der Waals surface area contributed by atoms with Crippen LogP contribution in [0.25, 0.3) is 11.3 Å². The van der Waals surface area contributed by atoms with E-state index < -0.39 is 0 Å². The molecule has 0 bridgehead atoms. The molecule has 0 fully saturated rings. The molecule has 0 N–H and O–H groups in total. The highest BCUT2D eigenvalue weighted by Crippen LogP contribution is 2.39. The first kappa shape index (κ1) is 14.2. The van der Waals surface area contributed by atoms with Crippen molar-refractivity contribution in [2.75, 3.05) is 25.2 Å². The molecule has 1 aliphatic carbocycles. The van der Waals surface area contributed by atoms with Crippen LogP contribution in [-0.2, 0) is 29.4 Å². The highest BCUT2D eigenvalue weighted by Gasteiger charge is 2.26. The normalized spacial score (nSPS) is 12.9. The van der Waals surface area contributed by atoms with Crippen molar-refractivity contribution in [3.05, 3.63) is 16.8 Å². The van der Waals surface area contributed by atoms with Crippen LogP contribution in [0, 0.1) is 0 Å². The van der Waals surface area contributed by atoms with E-state index in [4.69, 9.17) is 9.72 Å². The molecule has 0 radical (unpaired) electrons. The van der Waals surface area contributed by atoms with Gasteiger partial charge in [0.1, 0.15) is 6.61 Å². The smallest absolute Gasteiger partial charge is 0.254 e. The van der Waals surface area contributed by atoms with Crippen molar-refractivity contribution < 1.29 is 9.53 Å². The number of anilines is 1. The molecule has 0 atom stereocenters. The van der Waals surface area contributed by atoms with E-state index in [9.17, 15) is 4.79 Å². The molecule has 3 rings (SSSR count). The van der Waals surface area contributed by atoms with E-state index in [1.807, 2.05) is 24.9 Å². The minimum atomic E-state index is -0.0579. The highest BCUT2D eigenvalue weighted by atomic mass is 32.1. The van der Waals surface area contributed by atoms with E-state index >= 15 is 0 Å². The summed E-state index contributed by atoms with van der Waals surface area (Å²) < 4.78 is 6.85. The van der Waals surface area contributed by atoms with E-state index in [0.29, 0.717) is 6.54 Å². The summed E-state index contributed by atoms with van der Waals surface area (Å²) in [4.78, 5) is 19.7. The van der Waals surface area contributed by atoms with Crippen molar-refractivity contribution in [3.63, 3.8) is 0 Å². The van der Waals surface area contributed by atoms with Gasteiger partial charge >= 0.3 is 0 Å². The third-order valence-corrected chi connectivity index (χ3v) is 4.85. The number of aryl methyl sites for hydroxylation is 2. The van der Waals surface area contributed by atoms with Gasteiger partial charge in [0.05, 0.1) is 11.9 Å². The molecule has 2 heterocycles. The Balaban J connectivity index is 1.98. The van der Waals surface area contributed by atoms with Gasteiger partial charge in [-0.15, -0.1) is 11.3 Å². The van der Waals surface area contributed by atoms with Crippen LogP contribution in [0.1, 0.15) is 17.5 Å². The number of likely N-dealkylation sites (N-methyl/N-ethyl adjacent to an activating group) is 1. The second-order valence-electron chi connectivity index (χ2n) is 4.97. The monoisotopic (exact) mass is 306 g/mol. The lowest BCUT2D eigenvalue weighted by atomic mass is 10.0. The van der Waals surface area contributed by atoms with Gasteiger partial charge in [0.25, 0.3) is 5.91 Å². The Bertz CT molecular complexity index is 677. The van der Waals surface area contributed by atoms with E-state index in [1.54, 1.807) is 16.2 Å². The second kappa shape index (κ2) is 5.57. The molecule has 0 spiro atoms. The fourth-order valence-electron chi connectivity index (χ4n) is 2.64. The second-order valence-corrected chi connectivity index (χ2v) is 6.03. The minimum Gasteiger partial charge on any atom is -0.375 e. The Labute approximate surface area is 127 Å². The lowest BCUT2D eigenvalue weighted by Crippen LogP contribution is -2.33. The molecular weight excluding hydrogens is 288 g/mol. The molecule has 0 saturated heterocycles. The number of amides is 1. The Morgan fingerprint density at radius 1 is 1.52 bits per heavy atom. The van der Waals surface area contributed by atoms with Crippen LogP contribution in [0.2, 0.25) is 0 Å². The number of thiazole rings is 1. The Kier molecular flexibility index (Phi) is 3.77. The van der Waals surface area contributed by atoms with Crippen LogP contribution in [0.4, 0.5) is 5.13 Å². The predicted molar refractivity (Wildman–Crippen MR) is 81.6 cm³/mol. The minimum absolute atomic E-state index is 0.0579. The summed E-state index contributed by atoms with van der Waals surface area (Å²) in [5.41, 5.74) is 3.29. The third-order valence-electron chi connectivity index (χ3n) is 3.71. The lowest BCUT2D eigenvalue weighted by Gasteiger charge is -2.16. The molecule has 112 valence electrons. The topological polar surface area (TPSA) is 60.3 Å². The fraction of sp³-hybridized carbons (Fsp3) is 0.500. The maximum Gasteiger partial charge on any atom is 0.254 e. The average Bonchev–Trinajstić information content (AvgIpc) is 3.04. The van der Waals surface area contributed by atoms with Gasteiger partial charge < -0.3 is 4.74 Å². The van der Waals surface area contributed by atoms with Gasteiger partial charge in [0.15, 0.2) is 5.13 Å². The molecule has 2 aromatic heterocycles. The van der Waals surface area contributed by atoms with Crippen LogP contribution >= 0.6 is 11.3 Å². The number of carbonyl (C=O) groups is 1. The van der Waals surface area contributed by atoms with Crippen LogP contribution in [-0.4, -0.2) is 40.9 Å². The summed E-state index contributed by atoms with van der Waals surface area (Å²) in [5.74, 6) is -0.0579. The van der Waals surface area contributed by atoms with Crippen molar-refractivity contribution in [2.24, 2.45) is 7.05 Å². The van der Waals surface area contributed by atoms with Crippen molar-refractivity contribution in [1.82, 2.24) is 14.8 Å². The van der Waals surface area contributed by atoms with Crippen LogP contribution in [0.5, 0.6) is 0 Å². The molecule has 7 heteroatoms. The fourth-order valence-corrected chi connectivity index (χ4v) is 3.80. The highest BCUT2D eigenvalue weighted by molar-refractivity contribution is 7.16. The number of methoxy groups -OCH3 is 1. The van der Waals surface area contributed by atoms with Crippen molar-refractivity contribution in [1.29, 1.82) is 0 Å². The summed E-state index contributed by atoms with van der Waals surface area (Å²) in [7, 11) is 3.48. The molecular formula is C14H18N4O2S. The molecule has 0 aliphatic heterocycles. The number of nitrogens with zero attached hydrogens (tertiary/aromatic N) is 4. The van der Waals surface area contributed by atoms with Gasteiger partial charge in [-0.1, -0.05) is 0 Å². The lowest BCUT2D eigenvalue weighted by molar-refractivity contribution is -0.122. The van der Waals surface area contributed by atoms with Crippen LogP contribution in [0.3, 0.4) is 0 Å². The number of fused-ring (bicyclic) bond motifs is 3. The Morgan fingerprint density at radius 3 is 3.05 bits per heavy atom. The SMILES string of the molecule is CCN(C(=O)COC)c1nc2c(s1)CCc1c-2cnn1C. The van der Waals surface area contributed by atoms with E-state index in [0.717, 1.165) is 29.2 Å². The molecule has 21 heavy (non-hydrogen) atoms. The van der Waals surface area contributed by atoms with Gasteiger partial charge in [-0.25, -0.2) is 4.98 Å². The molecule has 1 amide bonds. The largest absolute Gasteiger partial charge is 0.375 e. The van der Waals surface area contributed by atoms with Crippen molar-refractivity contribution in [2.45, 2.75) is 19.8 Å². The molecule has 1 aliphatic rings. The van der Waals surface area contributed by atoms with Crippen molar-refractivity contribution >= 4 is 22.4 Å². The Morgan fingerprint density at radius 2 is 2.33 bits per heavy atom. The first-order valence-corrected chi connectivity index (χ1v) is 7.77. The number of rotatable bonds is 4. The first-order valence-electron chi connectivity index (χ1n) is 6.96. The quantitative estimate of drug-likeness (QED) is 0.861. The van der Waals surface area contributed by atoms with Gasteiger partial charge in [-0.2, -0.15) is 5.10 Å². The van der Waals surface area contributed by atoms with Gasteiger partial charge in [-0.3, -0.25) is 14.4 Å². The number of aromatic nitrogens is 3. The van der Waals surface area contributed by atoms with Gasteiger partial charge in [0.2, 0.25) is 0 Å². The Hall–Kier alpha value is -1.73. The summed E-state index contributed by atoms with van der Waals surface area (Å²) in [6, 6.07) is 0. The first-order chi connectivity index (χ1) is 10.2. The third kappa shape index (κ3) is 2.36. The maximum atomic E-state index is 12.1. The zero-order chi connectivity index (χ0) is 15.0. The van der Waals surface area contributed by atoms with Gasteiger partial charge in [-0.05, 0) is 19.8 Å². The standard InChI is InChI=1S/C14H18N4O2S/c1-4-18(12(19)8-20-3)14-16-13-9-7-15-17(2)10(9)5-6-11(13)21-14/h7H,4-6,8H2,1-3H3. The zero-order valence-electron chi connectivity index (χ0n) is 12.4. The maximum absolute atomic E-state index is 12.1. The molecule has 0 aromatic carbocycles. The van der Waals surface area contributed by atoms with Crippen molar-refractivity contribution in [3.8, 4) is 11.3 Å². The molecule has 6 nitrogen and oxygen atoms in total. The summed E-state index contributed by atoms with van der Waals surface area (Å²) in [6.07, 6.45) is 3.79. The number of ether oxygens (including phenoxy) is 1. The number of hydrogen-bond donors (Lipinski definition) is 0. The summed E-state index contributed by atoms with van der Waals surface area (Å²) in [5, 5.41) is 5.07.